The number of benzene rings is 1. The van der Waals surface area contributed by atoms with Crippen LogP contribution in [0.25, 0.3) is 0 Å². The van der Waals surface area contributed by atoms with Gasteiger partial charge < -0.3 is 19.7 Å². The van der Waals surface area contributed by atoms with Crippen molar-refractivity contribution in [1.29, 1.82) is 0 Å². The van der Waals surface area contributed by atoms with Crippen molar-refractivity contribution in [2.45, 2.75) is 44.8 Å². The molecule has 9 heteroatoms. The summed E-state index contributed by atoms with van der Waals surface area (Å²) in [6, 6.07) is 14.7. The first-order valence-electron chi connectivity index (χ1n) is 13.3. The standard InChI is InChI=1S/C28H42N4O4S/c1-21-15-24(21)18-32(13-14-35-3)28-17-22(16-27(30-28)31(2)37(4,33)34)19-36-20-26-25(11-8-12-29-26)23-9-6-5-7-10-23/h5-7,9-10,16-17,21,24-26,29H,8,11-15,18-20H2,1-4H3/t21-,24+,25-,26+/m0/s1. The number of pyridine rings is 1. The lowest BCUT2D eigenvalue weighted by Crippen LogP contribution is -2.43. The maximum atomic E-state index is 12.3. The fourth-order valence-corrected chi connectivity index (χ4v) is 5.53. The Balaban J connectivity index is 1.51. The van der Waals surface area contributed by atoms with Gasteiger partial charge in [-0.05, 0) is 60.9 Å². The van der Waals surface area contributed by atoms with Crippen molar-refractivity contribution in [1.82, 2.24) is 10.3 Å². The molecule has 0 radical (unpaired) electrons. The van der Waals surface area contributed by atoms with E-state index in [0.29, 0.717) is 49.9 Å². The smallest absolute Gasteiger partial charge is 0.233 e. The average molecular weight is 531 g/mol. The molecule has 0 unspecified atom stereocenters. The summed E-state index contributed by atoms with van der Waals surface area (Å²) >= 11 is 0. The monoisotopic (exact) mass is 530 g/mol. The largest absolute Gasteiger partial charge is 0.383 e. The molecule has 2 heterocycles. The Morgan fingerprint density at radius 1 is 1.16 bits per heavy atom. The van der Waals surface area contributed by atoms with Crippen molar-refractivity contribution in [3.05, 3.63) is 53.6 Å². The van der Waals surface area contributed by atoms with E-state index < -0.39 is 10.0 Å². The van der Waals surface area contributed by atoms with E-state index >= 15 is 0 Å². The van der Waals surface area contributed by atoms with Crippen LogP contribution in [0.3, 0.4) is 0 Å². The molecule has 0 bridgehead atoms. The SMILES string of the molecule is COCCN(C[C@H]1C[C@@H]1C)c1cc(COC[C@H]2NCCC[C@H]2c2ccccc2)cc(N(C)S(C)(=O)=O)n1. The number of aromatic nitrogens is 1. The minimum absolute atomic E-state index is 0.241. The van der Waals surface area contributed by atoms with E-state index in [4.69, 9.17) is 14.5 Å². The fraction of sp³-hybridized carbons (Fsp3) is 0.607. The zero-order valence-corrected chi connectivity index (χ0v) is 23.4. The summed E-state index contributed by atoms with van der Waals surface area (Å²) in [5.74, 6) is 2.92. The van der Waals surface area contributed by atoms with Gasteiger partial charge in [-0.1, -0.05) is 37.3 Å². The molecule has 2 aliphatic rings. The van der Waals surface area contributed by atoms with Crippen LogP contribution < -0.4 is 14.5 Å². The second-order valence-corrected chi connectivity index (χ2v) is 12.6. The first-order valence-corrected chi connectivity index (χ1v) is 15.2. The highest BCUT2D eigenvalue weighted by atomic mass is 32.2. The van der Waals surface area contributed by atoms with Gasteiger partial charge in [-0.15, -0.1) is 0 Å². The molecule has 2 aromatic rings. The molecule has 1 saturated heterocycles. The normalized spacial score (nSPS) is 23.6. The molecule has 1 aliphatic carbocycles. The van der Waals surface area contributed by atoms with Crippen molar-refractivity contribution >= 4 is 21.7 Å². The molecule has 0 spiro atoms. The van der Waals surface area contributed by atoms with Gasteiger partial charge in [0.25, 0.3) is 0 Å². The summed E-state index contributed by atoms with van der Waals surface area (Å²) in [7, 11) is -0.209. The number of sulfonamides is 1. The number of nitrogens with one attached hydrogen (secondary N) is 1. The molecule has 2 fully saturated rings. The van der Waals surface area contributed by atoms with E-state index in [-0.39, 0.29) is 6.04 Å². The molecule has 8 nitrogen and oxygen atoms in total. The summed E-state index contributed by atoms with van der Waals surface area (Å²) in [5.41, 5.74) is 2.25. The number of piperidine rings is 1. The molecule has 4 rings (SSSR count). The van der Waals surface area contributed by atoms with Crippen LogP contribution in [0, 0.1) is 11.8 Å². The van der Waals surface area contributed by atoms with Gasteiger partial charge in [0.15, 0.2) is 0 Å². The number of hydrogen-bond acceptors (Lipinski definition) is 7. The van der Waals surface area contributed by atoms with Crippen molar-refractivity contribution < 1.29 is 17.9 Å². The van der Waals surface area contributed by atoms with Crippen LogP contribution in [0.1, 0.15) is 43.2 Å². The molecule has 0 amide bonds. The lowest BCUT2D eigenvalue weighted by Gasteiger charge is -2.33. The first-order chi connectivity index (χ1) is 17.8. The summed E-state index contributed by atoms with van der Waals surface area (Å²) in [6.07, 6.45) is 4.70. The zero-order chi connectivity index (χ0) is 26.4. The van der Waals surface area contributed by atoms with E-state index in [1.807, 2.05) is 12.1 Å². The number of hydrogen-bond donors (Lipinski definition) is 1. The molecule has 1 saturated carbocycles. The van der Waals surface area contributed by atoms with E-state index in [1.54, 1.807) is 14.2 Å². The molecule has 1 aromatic carbocycles. The Kier molecular flexibility index (Phi) is 9.45. The number of ether oxygens (including phenoxy) is 2. The van der Waals surface area contributed by atoms with Crippen LogP contribution >= 0.6 is 0 Å². The first kappa shape index (κ1) is 27.8. The Bertz CT molecular complexity index is 1110. The minimum Gasteiger partial charge on any atom is -0.383 e. The van der Waals surface area contributed by atoms with Gasteiger partial charge in [-0.2, -0.15) is 0 Å². The van der Waals surface area contributed by atoms with Crippen molar-refractivity contribution in [2.75, 3.05) is 62.5 Å². The Hall–Kier alpha value is -2.20. The van der Waals surface area contributed by atoms with Crippen LogP contribution in [0.15, 0.2) is 42.5 Å². The van der Waals surface area contributed by atoms with Gasteiger partial charge in [0.2, 0.25) is 10.0 Å². The van der Waals surface area contributed by atoms with Crippen LogP contribution in [-0.4, -0.2) is 72.7 Å². The van der Waals surface area contributed by atoms with Gasteiger partial charge in [0.05, 0.1) is 26.1 Å². The average Bonchev–Trinajstić information content (AvgIpc) is 3.60. The lowest BCUT2D eigenvalue weighted by molar-refractivity contribution is 0.0842. The van der Waals surface area contributed by atoms with Crippen molar-refractivity contribution in [3.63, 3.8) is 0 Å². The number of rotatable bonds is 13. The highest BCUT2D eigenvalue weighted by Crippen LogP contribution is 2.39. The molecule has 1 N–H and O–H groups in total. The Morgan fingerprint density at radius 2 is 1.89 bits per heavy atom. The number of nitrogens with zero attached hydrogens (tertiary/aromatic N) is 3. The second-order valence-electron chi connectivity index (χ2n) is 10.6. The highest BCUT2D eigenvalue weighted by molar-refractivity contribution is 7.92. The molecule has 1 aliphatic heterocycles. The van der Waals surface area contributed by atoms with E-state index in [9.17, 15) is 8.42 Å². The third-order valence-electron chi connectivity index (χ3n) is 7.68. The summed E-state index contributed by atoms with van der Waals surface area (Å²) in [6.45, 7) is 6.39. The van der Waals surface area contributed by atoms with E-state index in [2.05, 4.69) is 47.5 Å². The quantitative estimate of drug-likeness (QED) is 0.423. The van der Waals surface area contributed by atoms with Gasteiger partial charge in [0, 0.05) is 39.2 Å². The Morgan fingerprint density at radius 3 is 2.57 bits per heavy atom. The molecule has 1 aromatic heterocycles. The zero-order valence-electron chi connectivity index (χ0n) is 22.6. The number of methoxy groups -OCH3 is 1. The van der Waals surface area contributed by atoms with Crippen molar-refractivity contribution in [2.24, 2.45) is 11.8 Å². The molecule has 37 heavy (non-hydrogen) atoms. The van der Waals surface area contributed by atoms with Crippen LogP contribution in [0.2, 0.25) is 0 Å². The fourth-order valence-electron chi connectivity index (χ4n) is 5.10. The summed E-state index contributed by atoms with van der Waals surface area (Å²) < 4.78 is 37.5. The summed E-state index contributed by atoms with van der Waals surface area (Å²) in [4.78, 5) is 6.97. The second kappa shape index (κ2) is 12.6. The minimum atomic E-state index is -3.45. The molecular weight excluding hydrogens is 488 g/mol. The highest BCUT2D eigenvalue weighted by Gasteiger charge is 2.34. The molecular formula is C28H42N4O4S. The maximum absolute atomic E-state index is 12.3. The van der Waals surface area contributed by atoms with Crippen LogP contribution in [0.5, 0.6) is 0 Å². The molecule has 204 valence electrons. The van der Waals surface area contributed by atoms with Gasteiger partial charge >= 0.3 is 0 Å². The van der Waals surface area contributed by atoms with Gasteiger partial charge in [-0.25, -0.2) is 13.4 Å². The summed E-state index contributed by atoms with van der Waals surface area (Å²) in [5, 5.41) is 3.64. The van der Waals surface area contributed by atoms with Crippen LogP contribution in [0.4, 0.5) is 11.6 Å². The van der Waals surface area contributed by atoms with Gasteiger partial charge in [-0.3, -0.25) is 4.31 Å². The van der Waals surface area contributed by atoms with Crippen molar-refractivity contribution in [3.8, 4) is 0 Å². The van der Waals surface area contributed by atoms with E-state index in [0.717, 1.165) is 37.3 Å². The van der Waals surface area contributed by atoms with Gasteiger partial charge in [0.1, 0.15) is 11.6 Å². The van der Waals surface area contributed by atoms with E-state index in [1.165, 1.54) is 22.5 Å². The Labute approximate surface area is 222 Å². The molecule has 4 atom stereocenters. The number of anilines is 2. The topological polar surface area (TPSA) is 84.0 Å². The maximum Gasteiger partial charge on any atom is 0.233 e. The third-order valence-corrected chi connectivity index (χ3v) is 8.86. The third kappa shape index (κ3) is 7.66. The predicted octanol–water partition coefficient (Wildman–Crippen LogP) is 3.64. The lowest BCUT2D eigenvalue weighted by atomic mass is 9.85. The van der Waals surface area contributed by atoms with Crippen LogP contribution in [-0.2, 0) is 26.1 Å². The predicted molar refractivity (Wildman–Crippen MR) is 149 cm³/mol.